The van der Waals surface area contributed by atoms with Crippen molar-refractivity contribution >= 4 is 33.2 Å². The van der Waals surface area contributed by atoms with E-state index in [1.807, 2.05) is 6.07 Å². The van der Waals surface area contributed by atoms with Gasteiger partial charge < -0.3 is 15.4 Å². The number of methoxy groups -OCH3 is 1. The van der Waals surface area contributed by atoms with Crippen molar-refractivity contribution in [3.63, 3.8) is 0 Å². The van der Waals surface area contributed by atoms with Crippen molar-refractivity contribution in [2.75, 3.05) is 26.7 Å². The fraction of sp³-hybridized carbons (Fsp3) is 0.615. The first kappa shape index (κ1) is 15.0. The molecule has 2 heterocycles. The minimum Gasteiger partial charge on any atom is -0.368 e. The minimum atomic E-state index is -0.638. The molecule has 0 radical (unpaired) electrons. The van der Waals surface area contributed by atoms with E-state index in [1.165, 1.54) is 4.88 Å². The quantitative estimate of drug-likeness (QED) is 0.856. The lowest BCUT2D eigenvalue weighted by Gasteiger charge is -2.34. The third-order valence-electron chi connectivity index (χ3n) is 3.50. The molecule has 1 amide bonds. The lowest BCUT2D eigenvalue weighted by Crippen LogP contribution is -2.54. The molecule has 4 nitrogen and oxygen atoms in total. The second kappa shape index (κ2) is 6.83. The summed E-state index contributed by atoms with van der Waals surface area (Å²) in [4.78, 5) is 13.5. The Bertz CT molecular complexity index is 430. The molecule has 0 aromatic carbocycles. The van der Waals surface area contributed by atoms with Gasteiger partial charge in [-0.2, -0.15) is 0 Å². The number of hydrogen-bond donors (Lipinski definition) is 2. The molecule has 2 N–H and O–H groups in total. The van der Waals surface area contributed by atoms with Crippen LogP contribution in [0.4, 0.5) is 0 Å². The van der Waals surface area contributed by atoms with Crippen molar-refractivity contribution in [2.24, 2.45) is 0 Å². The van der Waals surface area contributed by atoms with E-state index in [9.17, 15) is 4.79 Å². The van der Waals surface area contributed by atoms with Gasteiger partial charge in [-0.25, -0.2) is 0 Å². The van der Waals surface area contributed by atoms with Crippen LogP contribution in [0.15, 0.2) is 15.9 Å². The second-order valence-electron chi connectivity index (χ2n) is 4.66. The van der Waals surface area contributed by atoms with Crippen molar-refractivity contribution in [1.82, 2.24) is 10.6 Å². The number of piperidine rings is 1. The summed E-state index contributed by atoms with van der Waals surface area (Å²) in [6, 6.07) is 4.11. The average Bonchev–Trinajstić information content (AvgIpc) is 2.85. The summed E-state index contributed by atoms with van der Waals surface area (Å²) in [6.07, 6.45) is 2.33. The van der Waals surface area contributed by atoms with E-state index >= 15 is 0 Å². The summed E-state index contributed by atoms with van der Waals surface area (Å²) >= 11 is 5.14. The summed E-state index contributed by atoms with van der Waals surface area (Å²) in [7, 11) is 1.63. The van der Waals surface area contributed by atoms with Crippen LogP contribution in [0.3, 0.4) is 0 Å². The fourth-order valence-electron chi connectivity index (χ4n) is 2.30. The van der Waals surface area contributed by atoms with Crippen LogP contribution in [-0.2, 0) is 16.0 Å². The van der Waals surface area contributed by atoms with Crippen LogP contribution in [0, 0.1) is 0 Å². The SMILES string of the molecule is COC1(C(=O)NCCc2ccc(Br)s2)CCNCC1. The maximum absolute atomic E-state index is 12.3. The highest BCUT2D eigenvalue weighted by molar-refractivity contribution is 9.11. The van der Waals surface area contributed by atoms with Crippen molar-refractivity contribution in [3.8, 4) is 0 Å². The lowest BCUT2D eigenvalue weighted by atomic mass is 9.91. The number of carbonyl (C=O) groups is 1. The molecule has 106 valence electrons. The Labute approximate surface area is 126 Å². The smallest absolute Gasteiger partial charge is 0.252 e. The first-order chi connectivity index (χ1) is 9.16. The molecule has 0 spiro atoms. The molecule has 1 aromatic rings. The maximum atomic E-state index is 12.3. The third-order valence-corrected chi connectivity index (χ3v) is 5.19. The van der Waals surface area contributed by atoms with Crippen LogP contribution in [0.1, 0.15) is 17.7 Å². The topological polar surface area (TPSA) is 50.4 Å². The molecule has 0 unspecified atom stereocenters. The zero-order valence-electron chi connectivity index (χ0n) is 11.0. The zero-order chi connectivity index (χ0) is 13.7. The third kappa shape index (κ3) is 3.78. The normalized spacial score (nSPS) is 18.2. The van der Waals surface area contributed by atoms with Crippen LogP contribution in [0.5, 0.6) is 0 Å². The van der Waals surface area contributed by atoms with Gasteiger partial charge in [0.05, 0.1) is 3.79 Å². The molecule has 6 heteroatoms. The number of amides is 1. The van der Waals surface area contributed by atoms with E-state index in [0.29, 0.717) is 6.54 Å². The van der Waals surface area contributed by atoms with Gasteiger partial charge in [0.25, 0.3) is 5.91 Å². The Morgan fingerprint density at radius 3 is 2.84 bits per heavy atom. The van der Waals surface area contributed by atoms with Crippen molar-refractivity contribution < 1.29 is 9.53 Å². The predicted molar refractivity (Wildman–Crippen MR) is 80.6 cm³/mol. The summed E-state index contributed by atoms with van der Waals surface area (Å²) in [5.74, 6) is 0.0205. The Hall–Kier alpha value is -0.430. The molecule has 19 heavy (non-hydrogen) atoms. The highest BCUT2D eigenvalue weighted by Gasteiger charge is 2.39. The first-order valence-electron chi connectivity index (χ1n) is 6.45. The summed E-state index contributed by atoms with van der Waals surface area (Å²) in [5, 5.41) is 6.25. The maximum Gasteiger partial charge on any atom is 0.252 e. The molecule has 0 saturated carbocycles. The van der Waals surface area contributed by atoms with Gasteiger partial charge in [0, 0.05) is 18.5 Å². The van der Waals surface area contributed by atoms with E-state index in [2.05, 4.69) is 32.6 Å². The standard InChI is InChI=1S/C13H19BrN2O2S/c1-18-13(5-8-15-9-6-13)12(17)16-7-4-10-2-3-11(14)19-10/h2-3,15H,4-9H2,1H3,(H,16,17). The minimum absolute atomic E-state index is 0.0205. The van der Waals surface area contributed by atoms with Gasteiger partial charge in [-0.3, -0.25) is 4.79 Å². The molecule has 0 bridgehead atoms. The van der Waals surface area contributed by atoms with Crippen LogP contribution in [-0.4, -0.2) is 38.3 Å². The summed E-state index contributed by atoms with van der Waals surface area (Å²) in [5.41, 5.74) is -0.638. The molecular weight excluding hydrogens is 328 g/mol. The van der Waals surface area contributed by atoms with Crippen LogP contribution in [0.25, 0.3) is 0 Å². The van der Waals surface area contributed by atoms with Gasteiger partial charge in [0.2, 0.25) is 0 Å². The number of carbonyl (C=O) groups excluding carboxylic acids is 1. The van der Waals surface area contributed by atoms with Crippen molar-refractivity contribution in [3.05, 3.63) is 20.8 Å². The molecular formula is C13H19BrN2O2S. The van der Waals surface area contributed by atoms with Gasteiger partial charge in [-0.15, -0.1) is 11.3 Å². The predicted octanol–water partition coefficient (Wildman–Crippen LogP) is 1.94. The number of nitrogens with one attached hydrogen (secondary N) is 2. The van der Waals surface area contributed by atoms with Crippen LogP contribution >= 0.6 is 27.3 Å². The van der Waals surface area contributed by atoms with E-state index in [0.717, 1.165) is 36.1 Å². The van der Waals surface area contributed by atoms with Gasteiger partial charge >= 0.3 is 0 Å². The van der Waals surface area contributed by atoms with E-state index < -0.39 is 5.60 Å². The van der Waals surface area contributed by atoms with E-state index in [4.69, 9.17) is 4.74 Å². The molecule has 1 aliphatic rings. The first-order valence-corrected chi connectivity index (χ1v) is 8.06. The second-order valence-corrected chi connectivity index (χ2v) is 7.21. The summed E-state index contributed by atoms with van der Waals surface area (Å²) in [6.45, 7) is 2.32. The number of hydrogen-bond acceptors (Lipinski definition) is 4. The number of ether oxygens (including phenoxy) is 1. The lowest BCUT2D eigenvalue weighted by molar-refractivity contribution is -0.146. The molecule has 1 fully saturated rings. The summed E-state index contributed by atoms with van der Waals surface area (Å²) < 4.78 is 6.62. The van der Waals surface area contributed by atoms with Crippen LogP contribution < -0.4 is 10.6 Å². The molecule has 1 aliphatic heterocycles. The zero-order valence-corrected chi connectivity index (χ0v) is 13.4. The van der Waals surface area contributed by atoms with Gasteiger partial charge in [-0.1, -0.05) is 0 Å². The van der Waals surface area contributed by atoms with Crippen LogP contribution in [0.2, 0.25) is 0 Å². The van der Waals surface area contributed by atoms with Crippen molar-refractivity contribution in [2.45, 2.75) is 24.9 Å². The highest BCUT2D eigenvalue weighted by atomic mass is 79.9. The molecule has 0 atom stereocenters. The Morgan fingerprint density at radius 1 is 1.53 bits per heavy atom. The van der Waals surface area contributed by atoms with Gasteiger partial charge in [0.1, 0.15) is 5.60 Å². The molecule has 0 aliphatic carbocycles. The Kier molecular flexibility index (Phi) is 5.38. The van der Waals surface area contributed by atoms with Gasteiger partial charge in [-0.05, 0) is 60.4 Å². The van der Waals surface area contributed by atoms with Gasteiger partial charge in [0.15, 0.2) is 0 Å². The fourth-order valence-corrected chi connectivity index (χ4v) is 3.78. The Morgan fingerprint density at radius 2 is 2.26 bits per heavy atom. The Balaban J connectivity index is 1.82. The van der Waals surface area contributed by atoms with Crippen molar-refractivity contribution in [1.29, 1.82) is 0 Å². The average molecular weight is 347 g/mol. The monoisotopic (exact) mass is 346 g/mol. The van der Waals surface area contributed by atoms with E-state index in [1.54, 1.807) is 18.4 Å². The molecule has 1 saturated heterocycles. The number of rotatable bonds is 5. The number of thiophene rings is 1. The molecule has 1 aromatic heterocycles. The highest BCUT2D eigenvalue weighted by Crippen LogP contribution is 2.23. The van der Waals surface area contributed by atoms with E-state index in [-0.39, 0.29) is 5.91 Å². The largest absolute Gasteiger partial charge is 0.368 e. The molecule has 2 rings (SSSR count). The number of halogens is 1.